The van der Waals surface area contributed by atoms with Gasteiger partial charge in [-0.2, -0.15) is 0 Å². The molecule has 2 aliphatic heterocycles. The maximum absolute atomic E-state index is 5.04. The highest BCUT2D eigenvalue weighted by Crippen LogP contribution is 2.30. The van der Waals surface area contributed by atoms with E-state index in [1.54, 1.807) is 0 Å². The molecule has 0 amide bonds. The molecule has 2 heterocycles. The predicted molar refractivity (Wildman–Crippen MR) is 37.5 cm³/mol. The molecule has 0 aliphatic carbocycles. The van der Waals surface area contributed by atoms with Gasteiger partial charge in [-0.15, -0.1) is 0 Å². The molecule has 0 aromatic heterocycles. The summed E-state index contributed by atoms with van der Waals surface area (Å²) in [5.41, 5.74) is 0.611. The molecule has 0 bridgehead atoms. The van der Waals surface area contributed by atoms with Crippen molar-refractivity contribution in [1.82, 2.24) is 5.32 Å². The standard InChI is InChI=1S/C5H9NO.C2H6/c1-5(2-6-1)3-7-4-5;1-2/h6H,1-4H2;1-2H3. The largest absolute Gasteiger partial charge is 0.380 e. The van der Waals surface area contributed by atoms with E-state index in [2.05, 4.69) is 5.32 Å². The van der Waals surface area contributed by atoms with Crippen LogP contribution in [0.5, 0.6) is 0 Å². The van der Waals surface area contributed by atoms with Crippen molar-refractivity contribution in [3.63, 3.8) is 0 Å². The van der Waals surface area contributed by atoms with Crippen LogP contribution in [0, 0.1) is 5.41 Å². The van der Waals surface area contributed by atoms with Crippen molar-refractivity contribution in [1.29, 1.82) is 0 Å². The number of nitrogens with one attached hydrogen (secondary N) is 1. The summed E-state index contributed by atoms with van der Waals surface area (Å²) in [5, 5.41) is 3.22. The van der Waals surface area contributed by atoms with E-state index >= 15 is 0 Å². The van der Waals surface area contributed by atoms with Crippen molar-refractivity contribution in [2.75, 3.05) is 26.3 Å². The zero-order chi connectivity index (χ0) is 6.74. The zero-order valence-corrected chi connectivity index (χ0v) is 6.24. The average molecular weight is 129 g/mol. The Morgan fingerprint density at radius 2 is 1.78 bits per heavy atom. The van der Waals surface area contributed by atoms with Crippen LogP contribution in [0.25, 0.3) is 0 Å². The molecule has 2 rings (SSSR count). The van der Waals surface area contributed by atoms with Crippen molar-refractivity contribution in [3.05, 3.63) is 0 Å². The highest BCUT2D eigenvalue weighted by molar-refractivity contribution is 4.96. The fourth-order valence-electron chi connectivity index (χ4n) is 1.07. The highest BCUT2D eigenvalue weighted by atomic mass is 16.5. The Morgan fingerprint density at radius 3 is 1.78 bits per heavy atom. The van der Waals surface area contributed by atoms with E-state index in [4.69, 9.17) is 4.74 Å². The van der Waals surface area contributed by atoms with Crippen molar-refractivity contribution >= 4 is 0 Å². The molecule has 1 spiro atoms. The van der Waals surface area contributed by atoms with Gasteiger partial charge in [-0.25, -0.2) is 0 Å². The first-order chi connectivity index (χ1) is 4.41. The quantitative estimate of drug-likeness (QED) is 0.518. The predicted octanol–water partition coefficient (Wildman–Crippen LogP) is 0.632. The third-order valence-corrected chi connectivity index (χ3v) is 1.82. The topological polar surface area (TPSA) is 21.3 Å². The minimum Gasteiger partial charge on any atom is -0.380 e. The van der Waals surface area contributed by atoms with E-state index in [1.165, 1.54) is 13.1 Å². The van der Waals surface area contributed by atoms with Crippen LogP contribution in [0.1, 0.15) is 13.8 Å². The van der Waals surface area contributed by atoms with Gasteiger partial charge in [0, 0.05) is 18.5 Å². The minimum atomic E-state index is 0.611. The van der Waals surface area contributed by atoms with Gasteiger partial charge in [0.05, 0.1) is 13.2 Å². The van der Waals surface area contributed by atoms with Gasteiger partial charge in [0.15, 0.2) is 0 Å². The summed E-state index contributed by atoms with van der Waals surface area (Å²) in [4.78, 5) is 0. The van der Waals surface area contributed by atoms with Crippen LogP contribution in [-0.4, -0.2) is 26.3 Å². The summed E-state index contributed by atoms with van der Waals surface area (Å²) in [6.45, 7) is 8.38. The molecule has 2 heteroatoms. The molecule has 2 fully saturated rings. The molecular formula is C7H15NO. The first-order valence-electron chi connectivity index (χ1n) is 3.70. The number of hydrogen-bond donors (Lipinski definition) is 1. The van der Waals surface area contributed by atoms with Gasteiger partial charge in [0.25, 0.3) is 0 Å². The summed E-state index contributed by atoms with van der Waals surface area (Å²) in [6.07, 6.45) is 0. The van der Waals surface area contributed by atoms with E-state index in [1.807, 2.05) is 13.8 Å². The molecule has 0 radical (unpaired) electrons. The molecule has 0 atom stereocenters. The smallest absolute Gasteiger partial charge is 0.0569 e. The van der Waals surface area contributed by atoms with E-state index in [0.29, 0.717) is 5.41 Å². The average Bonchev–Trinajstić information content (AvgIpc) is 1.63. The maximum Gasteiger partial charge on any atom is 0.0569 e. The van der Waals surface area contributed by atoms with Crippen LogP contribution in [0.15, 0.2) is 0 Å². The van der Waals surface area contributed by atoms with E-state index in [-0.39, 0.29) is 0 Å². The normalized spacial score (nSPS) is 27.3. The molecule has 2 saturated heterocycles. The zero-order valence-electron chi connectivity index (χ0n) is 6.24. The molecule has 1 N–H and O–H groups in total. The summed E-state index contributed by atoms with van der Waals surface area (Å²) in [6, 6.07) is 0. The summed E-state index contributed by atoms with van der Waals surface area (Å²) >= 11 is 0. The molecule has 2 aliphatic rings. The summed E-state index contributed by atoms with van der Waals surface area (Å²) in [5.74, 6) is 0. The molecule has 54 valence electrons. The van der Waals surface area contributed by atoms with Gasteiger partial charge in [-0.1, -0.05) is 13.8 Å². The SMILES string of the molecule is C1NCC12COC2.CC. The highest BCUT2D eigenvalue weighted by Gasteiger charge is 2.43. The van der Waals surface area contributed by atoms with Crippen LogP contribution in [-0.2, 0) is 4.74 Å². The summed E-state index contributed by atoms with van der Waals surface area (Å²) < 4.78 is 5.04. The Labute approximate surface area is 56.6 Å². The fourth-order valence-corrected chi connectivity index (χ4v) is 1.07. The third-order valence-electron chi connectivity index (χ3n) is 1.82. The van der Waals surface area contributed by atoms with Gasteiger partial charge >= 0.3 is 0 Å². The van der Waals surface area contributed by atoms with Gasteiger partial charge in [-0.05, 0) is 0 Å². The first kappa shape index (κ1) is 7.03. The third kappa shape index (κ3) is 1.10. The van der Waals surface area contributed by atoms with E-state index in [0.717, 1.165) is 13.2 Å². The lowest BCUT2D eigenvalue weighted by Crippen LogP contribution is -2.64. The lowest BCUT2D eigenvalue weighted by Gasteiger charge is -2.48. The summed E-state index contributed by atoms with van der Waals surface area (Å²) in [7, 11) is 0. The Balaban J connectivity index is 0.000000186. The lowest BCUT2D eigenvalue weighted by molar-refractivity contribution is -0.139. The number of rotatable bonds is 0. The molecule has 0 aromatic rings. The molecule has 0 aromatic carbocycles. The maximum atomic E-state index is 5.04. The molecule has 0 unspecified atom stereocenters. The van der Waals surface area contributed by atoms with Crippen LogP contribution < -0.4 is 5.32 Å². The van der Waals surface area contributed by atoms with E-state index in [9.17, 15) is 0 Å². The minimum absolute atomic E-state index is 0.611. The van der Waals surface area contributed by atoms with Gasteiger partial charge in [0.1, 0.15) is 0 Å². The Hall–Kier alpha value is -0.0800. The second-order valence-electron chi connectivity index (χ2n) is 2.60. The lowest BCUT2D eigenvalue weighted by atomic mass is 9.80. The Bertz CT molecular complexity index is 69.4. The monoisotopic (exact) mass is 129 g/mol. The van der Waals surface area contributed by atoms with Crippen LogP contribution in [0.3, 0.4) is 0 Å². The van der Waals surface area contributed by atoms with Crippen molar-refractivity contribution < 1.29 is 4.74 Å². The fraction of sp³-hybridized carbons (Fsp3) is 1.00. The van der Waals surface area contributed by atoms with Crippen LogP contribution >= 0.6 is 0 Å². The second kappa shape index (κ2) is 2.67. The molecule has 9 heavy (non-hydrogen) atoms. The van der Waals surface area contributed by atoms with Crippen molar-refractivity contribution in [2.45, 2.75) is 13.8 Å². The number of hydrogen-bond acceptors (Lipinski definition) is 2. The van der Waals surface area contributed by atoms with Crippen LogP contribution in [0.4, 0.5) is 0 Å². The van der Waals surface area contributed by atoms with Gasteiger partial charge in [-0.3, -0.25) is 0 Å². The first-order valence-corrected chi connectivity index (χ1v) is 3.70. The Morgan fingerprint density at radius 1 is 1.22 bits per heavy atom. The van der Waals surface area contributed by atoms with E-state index < -0.39 is 0 Å². The van der Waals surface area contributed by atoms with Gasteiger partial charge in [0.2, 0.25) is 0 Å². The van der Waals surface area contributed by atoms with Crippen molar-refractivity contribution in [2.24, 2.45) is 5.41 Å². The van der Waals surface area contributed by atoms with Crippen molar-refractivity contribution in [3.8, 4) is 0 Å². The molecule has 0 saturated carbocycles. The Kier molecular flexibility index (Phi) is 2.09. The number of ether oxygens (including phenoxy) is 1. The molecular weight excluding hydrogens is 114 g/mol. The van der Waals surface area contributed by atoms with Gasteiger partial charge < -0.3 is 10.1 Å². The second-order valence-corrected chi connectivity index (χ2v) is 2.60. The van der Waals surface area contributed by atoms with Crippen LogP contribution in [0.2, 0.25) is 0 Å². The molecule has 2 nitrogen and oxygen atoms in total.